The molecule has 2 unspecified atom stereocenters. The Bertz CT molecular complexity index is 2810. The summed E-state index contributed by atoms with van der Waals surface area (Å²) >= 11 is 0.172. The molecule has 0 aliphatic carbocycles. The average Bonchev–Trinajstić information content (AvgIpc) is 3.40. The number of ether oxygens (including phenoxy) is 2. The molecule has 25 heteroatoms. The Kier molecular flexibility index (Phi) is 15.7. The molecule has 2 saturated heterocycles. The van der Waals surface area contributed by atoms with Crippen LogP contribution in [0.25, 0.3) is 34.4 Å². The van der Waals surface area contributed by atoms with E-state index in [1.54, 1.807) is 0 Å². The number of carboxylic acid groups (broad SMARTS) is 2. The summed E-state index contributed by atoms with van der Waals surface area (Å²) in [6.07, 6.45) is -7.98. The Labute approximate surface area is 426 Å². The second kappa shape index (κ2) is 22.0. The van der Waals surface area contributed by atoms with E-state index in [-0.39, 0.29) is 97.7 Å². The van der Waals surface area contributed by atoms with Crippen LogP contribution in [-0.4, -0.2) is 145 Å². The Morgan fingerprint density at radius 2 is 1.00 bits per heavy atom. The van der Waals surface area contributed by atoms with Gasteiger partial charge in [-0.25, -0.2) is 19.2 Å². The largest absolute Gasteiger partial charge is 0.480 e. The minimum Gasteiger partial charge on any atom is -0.480 e. The van der Waals surface area contributed by atoms with Crippen molar-refractivity contribution in [2.45, 2.75) is 47.1 Å². The number of nitrogens with zero attached hydrogens (tertiary/aromatic N) is 4. The molecule has 0 radical (unpaired) electrons. The maximum absolute atomic E-state index is 15.9. The molecule has 18 nitrogen and oxygen atoms in total. The number of hydrogen-bond donors (Lipinski definition) is 2. The first-order chi connectivity index (χ1) is 35.7. The summed E-state index contributed by atoms with van der Waals surface area (Å²) in [6, 6.07) is 9.47. The first-order valence-electron chi connectivity index (χ1n) is 22.8. The highest BCUT2D eigenvalue weighted by Gasteiger charge is 2.43. The van der Waals surface area contributed by atoms with Crippen LogP contribution < -0.4 is 9.78 Å². The number of carbonyl (C=O) groups is 6. The van der Waals surface area contributed by atoms with Crippen molar-refractivity contribution in [2.75, 3.05) is 66.7 Å². The van der Waals surface area contributed by atoms with Crippen LogP contribution in [0, 0.1) is 0 Å². The second-order valence-electron chi connectivity index (χ2n) is 17.1. The van der Waals surface area contributed by atoms with Gasteiger partial charge in [0, 0.05) is 83.2 Å². The van der Waals surface area contributed by atoms with E-state index in [4.69, 9.17) is 19.6 Å². The van der Waals surface area contributed by atoms with Crippen molar-refractivity contribution < 1.29 is 94.3 Å². The van der Waals surface area contributed by atoms with Crippen molar-refractivity contribution in [1.29, 1.82) is 0 Å². The number of piperazine rings is 2. The lowest BCUT2D eigenvalue weighted by Crippen LogP contribution is -2.59. The van der Waals surface area contributed by atoms with Crippen LogP contribution in [-0.2, 0) is 63.6 Å². The van der Waals surface area contributed by atoms with Crippen LogP contribution in [0.5, 0.6) is 11.5 Å². The van der Waals surface area contributed by atoms with Gasteiger partial charge >= 0.3 is 36.5 Å². The maximum Gasteiger partial charge on any atom is 0.418 e. The van der Waals surface area contributed by atoms with Crippen LogP contribution in [0.3, 0.4) is 0 Å². The fourth-order valence-electron chi connectivity index (χ4n) is 9.08. The van der Waals surface area contributed by atoms with E-state index >= 15 is 26.3 Å². The first-order valence-corrected chi connectivity index (χ1v) is 23.6. The Morgan fingerprint density at radius 3 is 1.36 bits per heavy atom. The third-order valence-electron chi connectivity index (χ3n) is 12.7. The molecule has 0 spiro atoms. The zero-order chi connectivity index (χ0) is 53.9. The normalized spacial score (nSPS) is 18.0. The van der Waals surface area contributed by atoms with Crippen LogP contribution in [0.4, 0.5) is 35.9 Å². The number of aliphatic carboxylic acids is 2. The zero-order valence-electron chi connectivity index (χ0n) is 39.6. The van der Waals surface area contributed by atoms with Gasteiger partial charge in [0.05, 0.1) is 51.6 Å². The smallest absolute Gasteiger partial charge is 0.418 e. The van der Waals surface area contributed by atoms with Gasteiger partial charge in [0.25, 0.3) is 0 Å². The minimum absolute atomic E-state index is 0.0481. The third kappa shape index (κ3) is 11.5. The number of amides is 4. The van der Waals surface area contributed by atoms with E-state index in [0.717, 1.165) is 70.3 Å². The van der Waals surface area contributed by atoms with Gasteiger partial charge in [-0.05, 0) is 70.8 Å². The topological polar surface area (TPSA) is 211 Å². The number of benzene rings is 4. The molecule has 396 valence electrons. The highest BCUT2D eigenvalue weighted by Crippen LogP contribution is 2.52. The second-order valence-corrected chi connectivity index (χ2v) is 18.2. The molecular formula is C50H44F6N4O14S. The third-order valence-corrected chi connectivity index (χ3v) is 13.8. The molecule has 2 N–H and O–H groups in total. The van der Waals surface area contributed by atoms with Gasteiger partial charge < -0.3 is 39.3 Å². The van der Waals surface area contributed by atoms with Crippen LogP contribution >= 0.6 is 11.8 Å². The molecule has 0 bridgehead atoms. The zero-order valence-corrected chi connectivity index (χ0v) is 40.4. The van der Waals surface area contributed by atoms with Gasteiger partial charge in [-0.1, -0.05) is 36.0 Å². The molecule has 0 saturated carbocycles. The Balaban J connectivity index is 1.24. The Morgan fingerprint density at radius 1 is 0.600 bits per heavy atom. The average molecular weight is 1070 g/mol. The van der Waals surface area contributed by atoms with Crippen molar-refractivity contribution in [3.63, 3.8) is 0 Å². The number of hydrogen-bond acceptors (Lipinski definition) is 13. The molecular weight excluding hydrogens is 1030 g/mol. The van der Waals surface area contributed by atoms with Crippen molar-refractivity contribution in [3.05, 3.63) is 106 Å². The monoisotopic (exact) mass is 1070 g/mol. The number of carboxylic acids is 2. The quantitative estimate of drug-likeness (QED) is 0.0886. The number of rotatable bonds is 10. The minimum atomic E-state index is -5.27. The highest BCUT2D eigenvalue weighted by molar-refractivity contribution is 7.99. The molecule has 8 rings (SSSR count). The van der Waals surface area contributed by atoms with Gasteiger partial charge in [-0.3, -0.25) is 19.4 Å². The molecule has 4 heterocycles. The number of carbonyl (C=O) groups excluding carboxylic acids is 4. The summed E-state index contributed by atoms with van der Waals surface area (Å²) in [4.78, 5) is 99.1. The van der Waals surface area contributed by atoms with E-state index in [2.05, 4.69) is 9.47 Å². The van der Waals surface area contributed by atoms with E-state index in [0.29, 0.717) is 11.1 Å². The van der Waals surface area contributed by atoms with Gasteiger partial charge in [-0.15, -0.1) is 0 Å². The predicted molar refractivity (Wildman–Crippen MR) is 251 cm³/mol. The molecule has 4 aromatic carbocycles. The molecule has 2 atom stereocenters. The van der Waals surface area contributed by atoms with Crippen molar-refractivity contribution in [3.8, 4) is 33.8 Å². The van der Waals surface area contributed by atoms with Gasteiger partial charge in [0.15, 0.2) is 23.6 Å². The summed E-state index contributed by atoms with van der Waals surface area (Å²) in [7, 11) is 2.11. The highest BCUT2D eigenvalue weighted by atomic mass is 32.2. The summed E-state index contributed by atoms with van der Waals surface area (Å²) in [6.45, 7) is -1.66. The van der Waals surface area contributed by atoms with E-state index in [1.807, 2.05) is 0 Å². The predicted octanol–water partition coefficient (Wildman–Crippen LogP) is 7.70. The lowest BCUT2D eigenvalue weighted by atomic mass is 9.91. The van der Waals surface area contributed by atoms with E-state index < -0.39 is 106 Å². The number of halogens is 6. The van der Waals surface area contributed by atoms with Crippen molar-refractivity contribution in [2.24, 2.45) is 0 Å². The Hall–Kier alpha value is -7.77. The van der Waals surface area contributed by atoms with Gasteiger partial charge in [-0.2, -0.15) is 36.1 Å². The molecule has 4 aromatic rings. The SMILES string of the molecule is COC(=O)N1CCN(C(=O)/C=C/c2ccc(Sc3ccc(/C=C/C(=O)N4CCN(C(=O)OC)C(C(=O)O)C4)c(-c4ccc5c(c4)CCOO5)c3C(F)(F)F)c(C(F)(F)F)c2-c2ccc3c(c2)CCOO3)CC1C(=O)O. The number of alkyl halides is 6. The molecule has 75 heavy (non-hydrogen) atoms. The van der Waals surface area contributed by atoms with Crippen LogP contribution in [0.2, 0.25) is 0 Å². The summed E-state index contributed by atoms with van der Waals surface area (Å²) in [5.74, 6) is -4.09. The van der Waals surface area contributed by atoms with Crippen molar-refractivity contribution in [1.82, 2.24) is 19.6 Å². The molecule has 4 aliphatic rings. The first kappa shape index (κ1) is 53.5. The standard InChI is InChI=1S/C50H44F6N4O14S/c1-69-47(67)59-19-17-57(25-33(59)45(63)64)39(61)13-7-27-5-11-37(43(49(51,52)53)41(27)31-3-9-35-29(23-31)15-21-71-73-35)75-38-12-6-28(8-14-40(62)58-18-20-60(48(68)70-2)34(26-58)46(65)66)42(44(38)50(54,55)56)32-4-10-36-30(24-32)16-22-72-74-36/h3-14,23-24,33-34H,15-22,25-26H2,1-2H3,(H,63,64)(H,65,66)/b13-7+,14-8+. The maximum atomic E-state index is 15.9. The summed E-state index contributed by atoms with van der Waals surface area (Å²) in [5, 5.41) is 19.7. The van der Waals surface area contributed by atoms with Gasteiger partial charge in [0.2, 0.25) is 11.8 Å². The lowest BCUT2D eigenvalue weighted by molar-refractivity contribution is -0.215. The lowest BCUT2D eigenvalue weighted by Gasteiger charge is -2.37. The molecule has 4 amide bonds. The number of fused-ring (bicyclic) bond motifs is 2. The van der Waals surface area contributed by atoms with E-state index in [1.165, 1.54) is 48.5 Å². The fourth-order valence-corrected chi connectivity index (χ4v) is 10.2. The van der Waals surface area contributed by atoms with Crippen LogP contribution in [0.15, 0.2) is 82.6 Å². The van der Waals surface area contributed by atoms with Crippen molar-refractivity contribution >= 4 is 59.9 Å². The number of methoxy groups -OCH3 is 2. The molecule has 0 aromatic heterocycles. The summed E-state index contributed by atoms with van der Waals surface area (Å²) < 4.78 is 105. The van der Waals surface area contributed by atoms with Gasteiger partial charge in [0.1, 0.15) is 0 Å². The van der Waals surface area contributed by atoms with Crippen LogP contribution in [0.1, 0.15) is 33.4 Å². The summed E-state index contributed by atoms with van der Waals surface area (Å²) in [5.41, 5.74) is -3.39. The molecule has 4 aliphatic heterocycles. The fraction of sp³-hybridized carbons (Fsp3) is 0.320. The molecule has 2 fully saturated rings. The van der Waals surface area contributed by atoms with E-state index in [9.17, 15) is 39.0 Å².